The third-order valence-corrected chi connectivity index (χ3v) is 4.54. The van der Waals surface area contributed by atoms with E-state index in [1.54, 1.807) is 19.4 Å². The summed E-state index contributed by atoms with van der Waals surface area (Å²) in [5.41, 5.74) is -2.73. The molecular weight excluding hydrogens is 409 g/mol. The molecule has 5 nitrogen and oxygen atoms in total. The zero-order valence-corrected chi connectivity index (χ0v) is 15.8. The van der Waals surface area contributed by atoms with Gasteiger partial charge in [0.15, 0.2) is 0 Å². The number of carbonyl (C=O) groups is 1. The van der Waals surface area contributed by atoms with Gasteiger partial charge in [0.1, 0.15) is 11.6 Å². The van der Waals surface area contributed by atoms with Crippen molar-refractivity contribution in [3.8, 4) is 11.1 Å². The van der Waals surface area contributed by atoms with E-state index >= 15 is 4.39 Å². The standard InChI is InChI=1S/C20H16F5N3O2/c1-27-5-6-28(19(27)26)10-11-7-14(17(22)15(8-11)18(29)30-2)13-4-3-12(21)9-16(13)20(23,24)25/h3-9,26H,10H2,1-2H3. The van der Waals surface area contributed by atoms with Gasteiger partial charge < -0.3 is 13.9 Å². The molecule has 0 unspecified atom stereocenters. The van der Waals surface area contributed by atoms with Gasteiger partial charge in [0.05, 0.1) is 24.8 Å². The number of nitrogens with zero attached hydrogens (tertiary/aromatic N) is 2. The van der Waals surface area contributed by atoms with Crippen LogP contribution < -0.4 is 5.62 Å². The van der Waals surface area contributed by atoms with Crippen molar-refractivity contribution < 1.29 is 31.5 Å². The quantitative estimate of drug-likeness (QED) is 0.505. The summed E-state index contributed by atoms with van der Waals surface area (Å²) in [7, 11) is 2.64. The summed E-state index contributed by atoms with van der Waals surface area (Å²) in [6.45, 7) is -0.0144. The summed E-state index contributed by atoms with van der Waals surface area (Å²) in [6, 6.07) is 4.16. The first-order valence-corrected chi connectivity index (χ1v) is 8.57. The number of methoxy groups -OCH3 is 1. The first kappa shape index (κ1) is 21.3. The lowest BCUT2D eigenvalue weighted by Gasteiger charge is -2.16. The number of carbonyl (C=O) groups excluding carboxylic acids is 1. The van der Waals surface area contributed by atoms with Crippen molar-refractivity contribution in [1.82, 2.24) is 9.13 Å². The zero-order chi connectivity index (χ0) is 22.2. The number of benzene rings is 2. The highest BCUT2D eigenvalue weighted by molar-refractivity contribution is 5.92. The van der Waals surface area contributed by atoms with Crippen LogP contribution in [0.1, 0.15) is 21.5 Å². The van der Waals surface area contributed by atoms with Crippen LogP contribution in [0.3, 0.4) is 0 Å². The number of aryl methyl sites for hydroxylation is 1. The van der Waals surface area contributed by atoms with Crippen LogP contribution in [-0.2, 0) is 24.5 Å². The molecule has 0 fully saturated rings. The van der Waals surface area contributed by atoms with Gasteiger partial charge in [0.2, 0.25) is 5.62 Å². The average molecular weight is 425 g/mol. The van der Waals surface area contributed by atoms with Gasteiger partial charge in [0.25, 0.3) is 0 Å². The van der Waals surface area contributed by atoms with E-state index in [0.717, 1.165) is 31.4 Å². The van der Waals surface area contributed by atoms with Crippen LogP contribution in [0.25, 0.3) is 11.1 Å². The molecule has 1 aromatic heterocycles. The molecule has 0 saturated heterocycles. The molecule has 3 rings (SSSR count). The molecule has 2 aromatic carbocycles. The van der Waals surface area contributed by atoms with Crippen LogP contribution in [-0.4, -0.2) is 22.2 Å². The highest BCUT2D eigenvalue weighted by atomic mass is 19.4. The summed E-state index contributed by atoms with van der Waals surface area (Å²) in [6.07, 6.45) is -1.80. The van der Waals surface area contributed by atoms with E-state index in [2.05, 4.69) is 4.74 Å². The smallest absolute Gasteiger partial charge is 0.417 e. The number of rotatable bonds is 4. The van der Waals surface area contributed by atoms with Crippen molar-refractivity contribution in [3.63, 3.8) is 0 Å². The van der Waals surface area contributed by atoms with Crippen LogP contribution in [0.2, 0.25) is 0 Å². The number of halogens is 5. The van der Waals surface area contributed by atoms with E-state index in [1.807, 2.05) is 0 Å². The summed E-state index contributed by atoms with van der Waals surface area (Å²) in [5.74, 6) is -3.42. The van der Waals surface area contributed by atoms with Crippen molar-refractivity contribution in [3.05, 3.63) is 76.7 Å². The Balaban J connectivity index is 2.26. The third-order valence-electron chi connectivity index (χ3n) is 4.54. The molecule has 0 radical (unpaired) electrons. The number of aromatic nitrogens is 2. The molecule has 0 aliphatic carbocycles. The van der Waals surface area contributed by atoms with Crippen LogP contribution in [0, 0.1) is 17.0 Å². The molecule has 0 atom stereocenters. The number of ether oxygens (including phenoxy) is 1. The number of alkyl halides is 3. The lowest BCUT2D eigenvalue weighted by molar-refractivity contribution is -0.137. The Morgan fingerprint density at radius 1 is 1.10 bits per heavy atom. The average Bonchev–Trinajstić information content (AvgIpc) is 3.00. The molecule has 0 aliphatic heterocycles. The summed E-state index contributed by atoms with van der Waals surface area (Å²) < 4.78 is 76.4. The second-order valence-corrected chi connectivity index (χ2v) is 6.54. The highest BCUT2D eigenvalue weighted by Crippen LogP contribution is 2.39. The summed E-state index contributed by atoms with van der Waals surface area (Å²) >= 11 is 0. The van der Waals surface area contributed by atoms with Gasteiger partial charge in [-0.05, 0) is 35.4 Å². The number of imidazole rings is 1. The van der Waals surface area contributed by atoms with Crippen molar-refractivity contribution >= 4 is 5.97 Å². The molecule has 1 N–H and O–H groups in total. The lowest BCUT2D eigenvalue weighted by atomic mass is 9.94. The highest BCUT2D eigenvalue weighted by Gasteiger charge is 2.35. The molecule has 3 aromatic rings. The lowest BCUT2D eigenvalue weighted by Crippen LogP contribution is -2.23. The predicted molar refractivity (Wildman–Crippen MR) is 96.5 cm³/mol. The molecule has 10 heteroatoms. The maximum Gasteiger partial charge on any atom is 0.417 e. The van der Waals surface area contributed by atoms with Crippen LogP contribution >= 0.6 is 0 Å². The topological polar surface area (TPSA) is 60.0 Å². The van der Waals surface area contributed by atoms with E-state index in [-0.39, 0.29) is 23.8 Å². The summed E-state index contributed by atoms with van der Waals surface area (Å²) in [4.78, 5) is 12.0. The molecule has 0 spiro atoms. The molecule has 0 aliphatic rings. The minimum atomic E-state index is -4.95. The SMILES string of the molecule is COC(=O)c1cc(Cn2ccn(C)c2=N)cc(-c2ccc(F)cc2C(F)(F)F)c1F. The van der Waals surface area contributed by atoms with Crippen LogP contribution in [0.4, 0.5) is 22.0 Å². The Kier molecular flexibility index (Phi) is 5.51. The fourth-order valence-electron chi connectivity index (χ4n) is 3.06. The monoisotopic (exact) mass is 425 g/mol. The van der Waals surface area contributed by atoms with Crippen molar-refractivity contribution in [2.45, 2.75) is 12.7 Å². The first-order valence-electron chi connectivity index (χ1n) is 8.57. The van der Waals surface area contributed by atoms with Gasteiger partial charge in [-0.1, -0.05) is 6.07 Å². The van der Waals surface area contributed by atoms with Gasteiger partial charge in [-0.25, -0.2) is 13.6 Å². The van der Waals surface area contributed by atoms with E-state index in [9.17, 15) is 22.4 Å². The molecule has 158 valence electrons. The zero-order valence-electron chi connectivity index (χ0n) is 15.8. The molecular formula is C20H16F5N3O2. The molecule has 1 heterocycles. The van der Waals surface area contributed by atoms with E-state index in [4.69, 9.17) is 5.41 Å². The van der Waals surface area contributed by atoms with Crippen LogP contribution in [0.5, 0.6) is 0 Å². The largest absolute Gasteiger partial charge is 0.465 e. The Bertz CT molecular complexity index is 1180. The second kappa shape index (κ2) is 7.77. The predicted octanol–water partition coefficient (Wildman–Crippen LogP) is 4.10. The van der Waals surface area contributed by atoms with Gasteiger partial charge in [0, 0.05) is 25.0 Å². The minimum Gasteiger partial charge on any atom is -0.465 e. The minimum absolute atomic E-state index is 0.0144. The Morgan fingerprint density at radius 3 is 2.37 bits per heavy atom. The van der Waals surface area contributed by atoms with Crippen molar-refractivity contribution in [1.29, 1.82) is 5.41 Å². The first-order chi connectivity index (χ1) is 14.0. The Hall–Kier alpha value is -3.43. The molecule has 0 amide bonds. The molecule has 30 heavy (non-hydrogen) atoms. The third kappa shape index (κ3) is 3.98. The van der Waals surface area contributed by atoms with E-state index in [1.165, 1.54) is 9.13 Å². The maximum absolute atomic E-state index is 15.1. The number of esters is 1. The van der Waals surface area contributed by atoms with Gasteiger partial charge >= 0.3 is 12.1 Å². The number of hydrogen-bond acceptors (Lipinski definition) is 3. The van der Waals surface area contributed by atoms with Gasteiger partial charge in [-0.15, -0.1) is 0 Å². The fraction of sp³-hybridized carbons (Fsp3) is 0.200. The summed E-state index contributed by atoms with van der Waals surface area (Å²) in [5, 5.41) is 7.97. The molecule has 0 saturated carbocycles. The molecule has 0 bridgehead atoms. The van der Waals surface area contributed by atoms with E-state index < -0.39 is 46.0 Å². The fourth-order valence-corrected chi connectivity index (χ4v) is 3.06. The van der Waals surface area contributed by atoms with Gasteiger partial charge in [-0.2, -0.15) is 13.2 Å². The van der Waals surface area contributed by atoms with Gasteiger partial charge in [-0.3, -0.25) is 5.41 Å². The Morgan fingerprint density at radius 2 is 1.80 bits per heavy atom. The maximum atomic E-state index is 15.1. The number of nitrogens with one attached hydrogen (secondary N) is 1. The second-order valence-electron chi connectivity index (χ2n) is 6.54. The van der Waals surface area contributed by atoms with Crippen molar-refractivity contribution in [2.75, 3.05) is 7.11 Å². The van der Waals surface area contributed by atoms with Crippen molar-refractivity contribution in [2.24, 2.45) is 7.05 Å². The van der Waals surface area contributed by atoms with E-state index in [0.29, 0.717) is 0 Å². The Labute approximate surface area is 167 Å². The van der Waals surface area contributed by atoms with Crippen LogP contribution in [0.15, 0.2) is 42.7 Å². The normalized spacial score (nSPS) is 11.6. The number of hydrogen-bond donors (Lipinski definition) is 1.